The number of halogens is 3. The van der Waals surface area contributed by atoms with Gasteiger partial charge in [-0.05, 0) is 72.9 Å². The largest absolute Gasteiger partial charge is 0.573 e. The van der Waals surface area contributed by atoms with Gasteiger partial charge in [0.2, 0.25) is 0 Å². The van der Waals surface area contributed by atoms with Crippen molar-refractivity contribution < 1.29 is 27.5 Å². The summed E-state index contributed by atoms with van der Waals surface area (Å²) >= 11 is 1.11. The number of alkyl halides is 3. The molecule has 2 heterocycles. The number of benzene rings is 3. The fourth-order valence-electron chi connectivity index (χ4n) is 4.52. The number of aromatic nitrogens is 3. The minimum Gasteiger partial charge on any atom is -0.406 e. The first kappa shape index (κ1) is 29.8. The van der Waals surface area contributed by atoms with Crippen LogP contribution >= 0.6 is 11.8 Å². The van der Waals surface area contributed by atoms with E-state index < -0.39 is 12.4 Å². The van der Waals surface area contributed by atoms with E-state index in [0.717, 1.165) is 46.1 Å². The summed E-state index contributed by atoms with van der Waals surface area (Å²) in [6.45, 7) is 4.29. The molecule has 4 aromatic rings. The standard InChI is InChI=1S/C30H27F3N6O3S/c1-3-21-8-7-19(2)15-25(21)39-26(17-43-29(39)41)36-28(40)34-14-13-20-5-4-6-22(16-20)27-35-18-38(37-27)23-9-11-24(12-10-23)42-30(31,32)33/h4-12,15-16,18H,3,13-14,17H2,1-2H3,(H,34,40). The van der Waals surface area contributed by atoms with Crippen molar-refractivity contribution in [1.29, 1.82) is 0 Å². The number of carbonyl (C=O) groups excluding carboxylic acids is 2. The molecule has 222 valence electrons. The van der Waals surface area contributed by atoms with E-state index in [4.69, 9.17) is 0 Å². The fraction of sp³-hybridized carbons (Fsp3) is 0.233. The Balaban J connectivity index is 1.20. The molecule has 1 saturated heterocycles. The molecular weight excluding hydrogens is 581 g/mol. The van der Waals surface area contributed by atoms with Crippen LogP contribution in [-0.2, 0) is 12.8 Å². The maximum atomic E-state index is 12.7. The van der Waals surface area contributed by atoms with E-state index in [1.807, 2.05) is 56.3 Å². The van der Waals surface area contributed by atoms with Gasteiger partial charge < -0.3 is 10.1 Å². The highest BCUT2D eigenvalue weighted by Gasteiger charge is 2.32. The Kier molecular flexibility index (Phi) is 8.81. The number of ether oxygens (including phenoxy) is 1. The molecule has 0 spiro atoms. The second-order valence-corrected chi connectivity index (χ2v) is 10.6. The van der Waals surface area contributed by atoms with Crippen molar-refractivity contribution in [1.82, 2.24) is 20.1 Å². The van der Waals surface area contributed by atoms with E-state index in [9.17, 15) is 22.8 Å². The normalized spacial score (nSPS) is 14.4. The number of aryl methyl sites for hydroxylation is 2. The molecule has 1 aromatic heterocycles. The van der Waals surface area contributed by atoms with Crippen molar-refractivity contribution in [3.8, 4) is 22.8 Å². The molecule has 0 radical (unpaired) electrons. The van der Waals surface area contributed by atoms with Gasteiger partial charge in [0.25, 0.3) is 5.24 Å². The zero-order valence-corrected chi connectivity index (χ0v) is 24.1. The predicted molar refractivity (Wildman–Crippen MR) is 159 cm³/mol. The fourth-order valence-corrected chi connectivity index (χ4v) is 5.30. The molecule has 3 aromatic carbocycles. The number of amidine groups is 1. The molecule has 5 rings (SSSR count). The number of hydrogen-bond acceptors (Lipinski definition) is 6. The van der Waals surface area contributed by atoms with Crippen LogP contribution in [0.3, 0.4) is 0 Å². The lowest BCUT2D eigenvalue weighted by Crippen LogP contribution is -2.32. The summed E-state index contributed by atoms with van der Waals surface area (Å²) < 4.78 is 42.6. The monoisotopic (exact) mass is 608 g/mol. The maximum absolute atomic E-state index is 12.7. The molecule has 43 heavy (non-hydrogen) atoms. The summed E-state index contributed by atoms with van der Waals surface area (Å²) in [5.41, 5.74) is 4.95. The summed E-state index contributed by atoms with van der Waals surface area (Å²) in [5, 5.41) is 7.08. The minimum atomic E-state index is -4.76. The van der Waals surface area contributed by atoms with Crippen LogP contribution in [0.25, 0.3) is 17.1 Å². The molecule has 0 atom stereocenters. The third kappa shape index (κ3) is 7.41. The van der Waals surface area contributed by atoms with Gasteiger partial charge in [0.05, 0.1) is 17.1 Å². The van der Waals surface area contributed by atoms with Crippen LogP contribution in [-0.4, -0.2) is 50.5 Å². The summed E-state index contributed by atoms with van der Waals surface area (Å²) in [6.07, 6.45) is -2.04. The molecule has 13 heteroatoms. The first-order valence-electron chi connectivity index (χ1n) is 13.4. The first-order chi connectivity index (χ1) is 20.6. The number of anilines is 1. The molecule has 1 N–H and O–H groups in total. The molecule has 0 aliphatic carbocycles. The van der Waals surface area contributed by atoms with E-state index >= 15 is 0 Å². The van der Waals surface area contributed by atoms with Crippen molar-refractivity contribution in [3.05, 3.63) is 89.7 Å². The van der Waals surface area contributed by atoms with Crippen LogP contribution in [0.2, 0.25) is 0 Å². The SMILES string of the molecule is CCc1ccc(C)cc1N1C(=O)SCC1=NC(=O)NCCc1cccc(-c2ncn(-c3ccc(OC(F)(F)F)cc3)n2)c1. The van der Waals surface area contributed by atoms with E-state index in [-0.39, 0.29) is 11.0 Å². The summed E-state index contributed by atoms with van der Waals surface area (Å²) in [6, 6.07) is 18.2. The third-order valence-electron chi connectivity index (χ3n) is 6.56. The van der Waals surface area contributed by atoms with Crippen molar-refractivity contribution in [2.24, 2.45) is 4.99 Å². The molecule has 1 aliphatic heterocycles. The van der Waals surface area contributed by atoms with Crippen LogP contribution in [0.1, 0.15) is 23.6 Å². The Morgan fingerprint density at radius 3 is 2.65 bits per heavy atom. The highest BCUT2D eigenvalue weighted by molar-refractivity contribution is 8.15. The smallest absolute Gasteiger partial charge is 0.406 e. The maximum Gasteiger partial charge on any atom is 0.573 e. The molecule has 1 fully saturated rings. The second-order valence-electron chi connectivity index (χ2n) is 9.64. The van der Waals surface area contributed by atoms with Crippen molar-refractivity contribution in [3.63, 3.8) is 0 Å². The van der Waals surface area contributed by atoms with Crippen LogP contribution in [0, 0.1) is 6.92 Å². The Morgan fingerprint density at radius 1 is 1.12 bits per heavy atom. The van der Waals surface area contributed by atoms with Gasteiger partial charge in [0.15, 0.2) is 5.82 Å². The number of carbonyl (C=O) groups is 2. The van der Waals surface area contributed by atoms with Gasteiger partial charge in [-0.3, -0.25) is 9.69 Å². The number of amides is 3. The minimum absolute atomic E-state index is 0.160. The Labute approximate surface area is 249 Å². The van der Waals surface area contributed by atoms with Crippen LogP contribution in [0.4, 0.5) is 28.4 Å². The molecule has 0 saturated carbocycles. The van der Waals surface area contributed by atoms with Gasteiger partial charge in [-0.2, -0.15) is 4.99 Å². The Bertz CT molecular complexity index is 1670. The van der Waals surface area contributed by atoms with E-state index in [0.29, 0.717) is 36.1 Å². The van der Waals surface area contributed by atoms with Gasteiger partial charge in [-0.25, -0.2) is 14.5 Å². The average molecular weight is 609 g/mol. The van der Waals surface area contributed by atoms with Crippen molar-refractivity contribution in [2.45, 2.75) is 33.1 Å². The number of aliphatic imine (C=N–C) groups is 1. The number of urea groups is 1. The van der Waals surface area contributed by atoms with Crippen LogP contribution < -0.4 is 15.0 Å². The second kappa shape index (κ2) is 12.7. The number of thioether (sulfide) groups is 1. The van der Waals surface area contributed by atoms with Crippen molar-refractivity contribution >= 4 is 34.6 Å². The van der Waals surface area contributed by atoms with Gasteiger partial charge in [-0.15, -0.1) is 18.3 Å². The topological polar surface area (TPSA) is 102 Å². The first-order valence-corrected chi connectivity index (χ1v) is 14.4. The average Bonchev–Trinajstić information content (AvgIpc) is 3.60. The zero-order chi connectivity index (χ0) is 30.6. The van der Waals surface area contributed by atoms with E-state index in [1.54, 1.807) is 0 Å². The van der Waals surface area contributed by atoms with Gasteiger partial charge >= 0.3 is 12.4 Å². The number of nitrogens with zero attached hydrogens (tertiary/aromatic N) is 5. The summed E-state index contributed by atoms with van der Waals surface area (Å²) in [4.78, 5) is 35.4. The van der Waals surface area contributed by atoms with Gasteiger partial charge in [0.1, 0.15) is 17.9 Å². The molecular formula is C30H27F3N6O3S. The molecule has 1 aliphatic rings. The predicted octanol–water partition coefficient (Wildman–Crippen LogP) is 6.73. The van der Waals surface area contributed by atoms with Crippen LogP contribution in [0.15, 0.2) is 78.0 Å². The quantitative estimate of drug-likeness (QED) is 0.238. The van der Waals surface area contributed by atoms with Gasteiger partial charge in [0, 0.05) is 12.1 Å². The number of nitrogens with one attached hydrogen (secondary N) is 1. The molecule has 0 unspecified atom stereocenters. The zero-order valence-electron chi connectivity index (χ0n) is 23.3. The van der Waals surface area contributed by atoms with E-state index in [1.165, 1.54) is 40.2 Å². The third-order valence-corrected chi connectivity index (χ3v) is 7.39. The summed E-state index contributed by atoms with van der Waals surface area (Å²) in [5.74, 6) is 0.821. The van der Waals surface area contributed by atoms with Crippen LogP contribution in [0.5, 0.6) is 5.75 Å². The lowest BCUT2D eigenvalue weighted by molar-refractivity contribution is -0.274. The van der Waals surface area contributed by atoms with Crippen molar-refractivity contribution in [2.75, 3.05) is 17.2 Å². The number of rotatable bonds is 8. The Hall–Kier alpha value is -4.65. The summed E-state index contributed by atoms with van der Waals surface area (Å²) in [7, 11) is 0. The highest BCUT2D eigenvalue weighted by Crippen LogP contribution is 2.31. The van der Waals surface area contributed by atoms with Gasteiger partial charge in [-0.1, -0.05) is 49.0 Å². The highest BCUT2D eigenvalue weighted by atomic mass is 32.2. The number of hydrogen-bond donors (Lipinski definition) is 1. The molecule has 3 amide bonds. The Morgan fingerprint density at radius 2 is 1.91 bits per heavy atom. The molecule has 0 bridgehead atoms. The lowest BCUT2D eigenvalue weighted by atomic mass is 10.1. The van der Waals surface area contributed by atoms with E-state index in [2.05, 4.69) is 25.1 Å². The molecule has 9 nitrogen and oxygen atoms in total. The lowest BCUT2D eigenvalue weighted by Gasteiger charge is -2.20.